The fraction of sp³-hybridized carbons (Fsp3) is 0.167. The normalized spacial score (nSPS) is 11.0. The molecule has 0 unspecified atom stereocenters. The summed E-state index contributed by atoms with van der Waals surface area (Å²) in [6.45, 7) is 1.27. The van der Waals surface area contributed by atoms with Crippen LogP contribution in [0.4, 0.5) is 0 Å². The van der Waals surface area contributed by atoms with Crippen LogP contribution in [-0.2, 0) is 17.9 Å². The number of amides is 1. The van der Waals surface area contributed by atoms with E-state index in [1.165, 1.54) is 6.08 Å². The molecular weight excluding hydrogens is 320 g/mol. The maximum Gasteiger partial charge on any atom is 0.246 e. The van der Waals surface area contributed by atoms with Crippen LogP contribution in [0.2, 0.25) is 0 Å². The van der Waals surface area contributed by atoms with E-state index in [9.17, 15) is 4.79 Å². The molecule has 1 amide bonds. The van der Waals surface area contributed by atoms with Crippen LogP contribution in [0.25, 0.3) is 6.08 Å². The second-order valence-corrected chi connectivity index (χ2v) is 6.47. The van der Waals surface area contributed by atoms with Gasteiger partial charge in [0.15, 0.2) is 0 Å². The second-order valence-electron chi connectivity index (χ2n) is 5.43. The van der Waals surface area contributed by atoms with E-state index in [-0.39, 0.29) is 5.91 Å². The minimum atomic E-state index is -0.0546. The van der Waals surface area contributed by atoms with Crippen molar-refractivity contribution in [1.82, 2.24) is 19.9 Å². The third kappa shape index (κ3) is 4.39. The number of benzene rings is 1. The summed E-state index contributed by atoms with van der Waals surface area (Å²) in [4.78, 5) is 15.0. The predicted octanol–water partition coefficient (Wildman–Crippen LogP) is 3.06. The van der Waals surface area contributed by atoms with Crippen molar-refractivity contribution in [2.45, 2.75) is 13.1 Å². The van der Waals surface area contributed by atoms with Crippen LogP contribution in [0, 0.1) is 0 Å². The molecule has 3 aromatic rings. The van der Waals surface area contributed by atoms with Gasteiger partial charge in [-0.2, -0.15) is 0 Å². The molecule has 0 aliphatic heterocycles. The Hall–Kier alpha value is -2.73. The molecule has 3 rings (SSSR count). The van der Waals surface area contributed by atoms with Crippen LogP contribution in [0.3, 0.4) is 0 Å². The zero-order chi connectivity index (χ0) is 16.8. The molecule has 0 N–H and O–H groups in total. The minimum absolute atomic E-state index is 0.0546. The summed E-state index contributed by atoms with van der Waals surface area (Å²) in [5, 5.41) is 10.2. The smallest absolute Gasteiger partial charge is 0.246 e. The first kappa shape index (κ1) is 16.1. The van der Waals surface area contributed by atoms with Crippen molar-refractivity contribution in [3.8, 4) is 0 Å². The lowest BCUT2D eigenvalue weighted by Gasteiger charge is -2.13. The molecular formula is C18H18N4OS. The topological polar surface area (TPSA) is 51.0 Å². The Morgan fingerprint density at radius 3 is 2.83 bits per heavy atom. The monoisotopic (exact) mass is 338 g/mol. The quantitative estimate of drug-likeness (QED) is 0.649. The van der Waals surface area contributed by atoms with Crippen LogP contribution in [-0.4, -0.2) is 32.8 Å². The van der Waals surface area contributed by atoms with Gasteiger partial charge in [-0.15, -0.1) is 16.4 Å². The summed E-state index contributed by atoms with van der Waals surface area (Å²) in [5.74, 6) is -0.0546. The highest BCUT2D eigenvalue weighted by Crippen LogP contribution is 2.11. The molecule has 122 valence electrons. The molecule has 6 heteroatoms. The first-order valence-electron chi connectivity index (χ1n) is 7.60. The zero-order valence-corrected chi connectivity index (χ0v) is 14.2. The van der Waals surface area contributed by atoms with Crippen LogP contribution in [0.15, 0.2) is 60.1 Å². The molecule has 2 heterocycles. The highest BCUT2D eigenvalue weighted by molar-refractivity contribution is 7.09. The lowest BCUT2D eigenvalue weighted by Crippen LogP contribution is -2.23. The van der Waals surface area contributed by atoms with Crippen LogP contribution < -0.4 is 0 Å². The van der Waals surface area contributed by atoms with Crippen molar-refractivity contribution in [2.24, 2.45) is 0 Å². The molecule has 0 radical (unpaired) electrons. The molecule has 1 aromatic carbocycles. The molecule has 0 atom stereocenters. The zero-order valence-electron chi connectivity index (χ0n) is 13.4. The molecule has 0 bridgehead atoms. The van der Waals surface area contributed by atoms with Gasteiger partial charge in [-0.05, 0) is 23.1 Å². The van der Waals surface area contributed by atoms with Crippen LogP contribution in [0.5, 0.6) is 0 Å². The molecule has 24 heavy (non-hydrogen) atoms. The second kappa shape index (κ2) is 7.70. The largest absolute Gasteiger partial charge is 0.337 e. The predicted molar refractivity (Wildman–Crippen MR) is 95.4 cm³/mol. The third-order valence-electron chi connectivity index (χ3n) is 3.49. The van der Waals surface area contributed by atoms with Crippen LogP contribution in [0.1, 0.15) is 16.1 Å². The van der Waals surface area contributed by atoms with Gasteiger partial charge in [0, 0.05) is 18.0 Å². The van der Waals surface area contributed by atoms with Gasteiger partial charge in [0.2, 0.25) is 5.91 Å². The average Bonchev–Trinajstić information content (AvgIpc) is 3.25. The summed E-state index contributed by atoms with van der Waals surface area (Å²) in [7, 11) is 1.79. The molecule has 0 saturated heterocycles. The average molecular weight is 338 g/mol. The summed E-state index contributed by atoms with van der Waals surface area (Å²) in [6.07, 6.45) is 5.06. The Kier molecular flexibility index (Phi) is 5.18. The number of rotatable bonds is 6. The van der Waals surface area contributed by atoms with Gasteiger partial charge in [0.05, 0.1) is 19.3 Å². The fourth-order valence-corrected chi connectivity index (χ4v) is 2.99. The SMILES string of the molecule is CN(Cc1cccs1)C(=O)/C=C/c1cn(Cc2ccccc2)nn1. The number of nitrogens with zero attached hydrogens (tertiary/aromatic N) is 4. The molecule has 2 aromatic heterocycles. The number of aromatic nitrogens is 3. The van der Waals surface area contributed by atoms with Gasteiger partial charge < -0.3 is 4.90 Å². The Morgan fingerprint density at radius 1 is 1.25 bits per heavy atom. The van der Waals surface area contributed by atoms with Gasteiger partial charge in [0.1, 0.15) is 5.69 Å². The van der Waals surface area contributed by atoms with Gasteiger partial charge in [-0.25, -0.2) is 4.68 Å². The molecule has 0 aliphatic carbocycles. The number of carbonyl (C=O) groups excluding carboxylic acids is 1. The van der Waals surface area contributed by atoms with Crippen LogP contribution >= 0.6 is 11.3 Å². The highest BCUT2D eigenvalue weighted by Gasteiger charge is 2.07. The first-order chi connectivity index (χ1) is 11.7. The van der Waals surface area contributed by atoms with Gasteiger partial charge in [-0.1, -0.05) is 41.6 Å². The number of likely N-dealkylation sites (N-methyl/N-ethyl adjacent to an activating group) is 1. The van der Waals surface area contributed by atoms with E-state index >= 15 is 0 Å². The lowest BCUT2D eigenvalue weighted by molar-refractivity contribution is -0.125. The number of hydrogen-bond donors (Lipinski definition) is 0. The maximum atomic E-state index is 12.1. The molecule has 0 fully saturated rings. The molecule has 0 spiro atoms. The summed E-state index contributed by atoms with van der Waals surface area (Å²) < 4.78 is 1.76. The maximum absolute atomic E-state index is 12.1. The summed E-state index contributed by atoms with van der Waals surface area (Å²) >= 11 is 1.64. The Labute approximate surface area is 144 Å². The van der Waals surface area contributed by atoms with Crippen molar-refractivity contribution in [1.29, 1.82) is 0 Å². The van der Waals surface area contributed by atoms with E-state index in [4.69, 9.17) is 0 Å². The Bertz CT molecular complexity index is 809. The minimum Gasteiger partial charge on any atom is -0.337 e. The first-order valence-corrected chi connectivity index (χ1v) is 8.48. The van der Waals surface area contributed by atoms with E-state index in [2.05, 4.69) is 10.3 Å². The van der Waals surface area contributed by atoms with Crippen molar-refractivity contribution in [3.63, 3.8) is 0 Å². The molecule has 0 aliphatic rings. The van der Waals surface area contributed by atoms with Gasteiger partial charge in [0.25, 0.3) is 0 Å². The highest BCUT2D eigenvalue weighted by atomic mass is 32.1. The van der Waals surface area contributed by atoms with E-state index in [0.29, 0.717) is 18.8 Å². The van der Waals surface area contributed by atoms with Gasteiger partial charge in [-0.3, -0.25) is 4.79 Å². The van der Waals surface area contributed by atoms with Crippen molar-refractivity contribution >= 4 is 23.3 Å². The Morgan fingerprint density at radius 2 is 2.08 bits per heavy atom. The lowest BCUT2D eigenvalue weighted by atomic mass is 10.2. The standard InChI is InChI=1S/C18H18N4OS/c1-21(14-17-8-5-11-24-17)18(23)10-9-16-13-22(20-19-16)12-15-6-3-2-4-7-15/h2-11,13H,12,14H2,1H3/b10-9+. The number of hydrogen-bond acceptors (Lipinski definition) is 4. The fourth-order valence-electron chi connectivity index (χ4n) is 2.24. The third-order valence-corrected chi connectivity index (χ3v) is 4.35. The van der Waals surface area contributed by atoms with E-state index < -0.39 is 0 Å². The summed E-state index contributed by atoms with van der Waals surface area (Å²) in [6, 6.07) is 14.1. The van der Waals surface area contributed by atoms with Gasteiger partial charge >= 0.3 is 0 Å². The number of carbonyl (C=O) groups is 1. The van der Waals surface area contributed by atoms with E-state index in [1.807, 2.05) is 54.0 Å². The van der Waals surface area contributed by atoms with Crippen molar-refractivity contribution < 1.29 is 4.79 Å². The number of thiophene rings is 1. The Balaban J connectivity index is 1.57. The molecule has 5 nitrogen and oxygen atoms in total. The van der Waals surface area contributed by atoms with Crippen molar-refractivity contribution in [3.05, 3.63) is 76.3 Å². The van der Waals surface area contributed by atoms with Crippen molar-refractivity contribution in [2.75, 3.05) is 7.05 Å². The summed E-state index contributed by atoms with van der Waals surface area (Å²) in [5.41, 5.74) is 1.83. The van der Waals surface area contributed by atoms with E-state index in [1.54, 1.807) is 34.0 Å². The van der Waals surface area contributed by atoms with E-state index in [0.717, 1.165) is 10.4 Å². The molecule has 0 saturated carbocycles.